The van der Waals surface area contributed by atoms with Gasteiger partial charge >= 0.3 is 17.1 Å². The van der Waals surface area contributed by atoms with Gasteiger partial charge in [-0.15, -0.1) is 5.69 Å². The predicted octanol–water partition coefficient (Wildman–Crippen LogP) is 10.9. The number of nitrogens with zero attached hydrogens (tertiary/aromatic N) is 2. The zero-order chi connectivity index (χ0) is 41.3. The number of ether oxygens (including phenoxy) is 1. The van der Waals surface area contributed by atoms with E-state index in [2.05, 4.69) is 220 Å². The van der Waals surface area contributed by atoms with Gasteiger partial charge in [0.1, 0.15) is 47.7 Å². The number of aromatic nitrogens is 1. The maximum Gasteiger partial charge on any atom is 1.00 e. The number of aliphatic imine (C=N–C) groups is 1. The Morgan fingerprint density at radius 2 is 0.852 bits per heavy atom. The van der Waals surface area contributed by atoms with Crippen molar-refractivity contribution in [2.75, 3.05) is 0 Å². The van der Waals surface area contributed by atoms with Gasteiger partial charge in [0.2, 0.25) is 0 Å². The molecule has 0 aliphatic carbocycles. The molecule has 0 fully saturated rings. The first-order chi connectivity index (χ1) is 29.4. The molecule has 3 nitrogen and oxygen atoms in total. The zero-order valence-corrected chi connectivity index (χ0v) is 37.8. The topological polar surface area (TPSA) is 35.7 Å². The number of hydrogen-bond acceptors (Lipinski definition) is 2. The van der Waals surface area contributed by atoms with Crippen LogP contribution < -0.4 is 41.5 Å². The Balaban J connectivity index is 0.000000216. The van der Waals surface area contributed by atoms with Crippen LogP contribution in [-0.4, -0.2) is 5.71 Å². The molecule has 6 heteroatoms. The molecule has 9 rings (SSSR count). The number of allylic oxidation sites excluding steroid dienone is 2. The van der Waals surface area contributed by atoms with Crippen molar-refractivity contribution in [3.63, 3.8) is 0 Å². The molecule has 1 aliphatic rings. The van der Waals surface area contributed by atoms with E-state index in [1.54, 1.807) is 0 Å². The van der Waals surface area contributed by atoms with Crippen molar-refractivity contribution in [2.45, 2.75) is 27.7 Å². The summed E-state index contributed by atoms with van der Waals surface area (Å²) in [6, 6.07) is 73.1. The third-order valence-electron chi connectivity index (χ3n) is 10.5. The summed E-state index contributed by atoms with van der Waals surface area (Å²) in [7, 11) is -2.56. The maximum atomic E-state index is 6.94. The summed E-state index contributed by atoms with van der Waals surface area (Å²) in [5.41, 5.74) is 8.89. The zero-order valence-electron chi connectivity index (χ0n) is 34.8. The minimum atomic E-state index is -1.28. The molecule has 0 N–H and O–H groups in total. The standard InChI is InChI=1S/C36H28OP2.C19H19N2.Cu/c1-5-17-29(18-6-1)38(30-19-7-2-8-20-30)35-27-15-13-25-33(35)37-34-26-14-16-28-36(34)39(31-21-9-3-10-22-31)32-23-11-4-12-24-32;1-12-10-14(3)20-18(12)17(16-8-6-5-7-9-16)19-13(2)11-15(4)21-19;/h1-28H;5-11H,1-4H3;/q;-1;+1/p+2/b;18-17-;. The largest absolute Gasteiger partial charge is 1.00 e. The van der Waals surface area contributed by atoms with Crippen molar-refractivity contribution in [2.24, 2.45) is 4.99 Å². The summed E-state index contributed by atoms with van der Waals surface area (Å²) in [6.07, 6.45) is 2.13. The Hall–Kier alpha value is -5.85. The van der Waals surface area contributed by atoms with Crippen molar-refractivity contribution in [1.29, 1.82) is 0 Å². The van der Waals surface area contributed by atoms with E-state index in [9.17, 15) is 0 Å². The summed E-state index contributed by atoms with van der Waals surface area (Å²) in [4.78, 5) is 9.47. The van der Waals surface area contributed by atoms with E-state index in [-0.39, 0.29) is 17.1 Å². The third-order valence-corrected chi connectivity index (χ3v) is 16.0. The molecule has 0 saturated carbocycles. The SMILES string of the molecule is CC1=CC(C)=N/C1=C(/c1ccccc1)c1[n-]c(C)cc1C.[Cu+].c1ccc([PH+](c2ccccc2)c2ccccc2Oc2ccccc2[PH+](c2ccccc2)c2ccccc2)cc1. The molecule has 0 bridgehead atoms. The van der Waals surface area contributed by atoms with E-state index in [1.807, 2.05) is 19.9 Å². The first kappa shape index (κ1) is 43.2. The fraction of sp³-hybridized carbons (Fsp3) is 0.0727. The molecule has 7 aromatic carbocycles. The number of para-hydroxylation sites is 2. The van der Waals surface area contributed by atoms with E-state index >= 15 is 0 Å². The van der Waals surface area contributed by atoms with Crippen molar-refractivity contribution in [3.05, 3.63) is 246 Å². The van der Waals surface area contributed by atoms with Gasteiger partial charge in [-0.05, 0) is 116 Å². The second-order valence-corrected chi connectivity index (χ2v) is 19.8. The van der Waals surface area contributed by atoms with Crippen molar-refractivity contribution in [3.8, 4) is 11.5 Å². The molecule has 0 unspecified atom stereocenters. The third kappa shape index (κ3) is 10.2. The molecule has 0 spiro atoms. The van der Waals surface area contributed by atoms with Gasteiger partial charge in [0.25, 0.3) is 0 Å². The van der Waals surface area contributed by atoms with Gasteiger partial charge < -0.3 is 9.72 Å². The number of aryl methyl sites for hydroxylation is 2. The molecule has 1 aliphatic heterocycles. The number of hydrogen-bond donors (Lipinski definition) is 0. The van der Waals surface area contributed by atoms with Gasteiger partial charge in [-0.3, -0.25) is 4.99 Å². The van der Waals surface area contributed by atoms with Crippen LogP contribution in [0.15, 0.2) is 229 Å². The molecule has 0 radical (unpaired) electrons. The monoisotopic (exact) mass is 878 g/mol. The van der Waals surface area contributed by atoms with Crippen LogP contribution in [-0.2, 0) is 17.1 Å². The molecule has 0 amide bonds. The van der Waals surface area contributed by atoms with Gasteiger partial charge in [0.15, 0.2) is 11.5 Å². The fourth-order valence-corrected chi connectivity index (χ4v) is 13.2. The van der Waals surface area contributed by atoms with Gasteiger partial charge in [-0.25, -0.2) is 0 Å². The van der Waals surface area contributed by atoms with Crippen LogP contribution >= 0.6 is 15.8 Å². The van der Waals surface area contributed by atoms with Crippen molar-refractivity contribution >= 4 is 59.0 Å². The molecular weight excluding hydrogens is 830 g/mol. The Morgan fingerprint density at radius 1 is 0.475 bits per heavy atom. The molecule has 8 aromatic rings. The quantitative estimate of drug-likeness (QED) is 0.101. The molecule has 0 atom stereocenters. The summed E-state index contributed by atoms with van der Waals surface area (Å²) < 4.78 is 6.94. The smallest absolute Gasteiger partial charge is 0.661 e. The van der Waals surface area contributed by atoms with Gasteiger partial charge in [-0.2, -0.15) is 5.69 Å². The minimum Gasteiger partial charge on any atom is -0.661 e. The Morgan fingerprint density at radius 3 is 1.21 bits per heavy atom. The van der Waals surface area contributed by atoms with Crippen LogP contribution in [0.5, 0.6) is 11.5 Å². The normalized spacial score (nSPS) is 12.8. The first-order valence-corrected chi connectivity index (χ1v) is 23.4. The maximum absolute atomic E-state index is 6.94. The van der Waals surface area contributed by atoms with Crippen LogP contribution in [0.3, 0.4) is 0 Å². The average Bonchev–Trinajstić information content (AvgIpc) is 3.81. The summed E-state index contributed by atoms with van der Waals surface area (Å²) in [6.45, 7) is 8.30. The van der Waals surface area contributed by atoms with Gasteiger partial charge in [-0.1, -0.05) is 146 Å². The van der Waals surface area contributed by atoms with E-state index in [4.69, 9.17) is 14.7 Å². The first-order valence-electron chi connectivity index (χ1n) is 20.4. The Labute approximate surface area is 374 Å². The van der Waals surface area contributed by atoms with Gasteiger partial charge in [0, 0.05) is 5.71 Å². The second-order valence-electron chi connectivity index (χ2n) is 14.9. The van der Waals surface area contributed by atoms with E-state index in [1.165, 1.54) is 48.5 Å². The van der Waals surface area contributed by atoms with Gasteiger partial charge in [0.05, 0.1) is 5.70 Å². The Kier molecular flexibility index (Phi) is 14.6. The second kappa shape index (κ2) is 20.6. The van der Waals surface area contributed by atoms with Crippen LogP contribution in [0.25, 0.3) is 5.57 Å². The van der Waals surface area contributed by atoms with E-state index in [0.29, 0.717) is 0 Å². The molecular formula is C55H49CuN2OP2+2. The summed E-state index contributed by atoms with van der Waals surface area (Å²) in [5.74, 6) is 1.85. The van der Waals surface area contributed by atoms with Crippen LogP contribution in [0, 0.1) is 13.8 Å². The molecule has 61 heavy (non-hydrogen) atoms. The molecule has 304 valence electrons. The summed E-state index contributed by atoms with van der Waals surface area (Å²) in [5, 5.41) is 7.88. The minimum absolute atomic E-state index is 0. The van der Waals surface area contributed by atoms with Crippen molar-refractivity contribution in [1.82, 2.24) is 4.98 Å². The fourth-order valence-electron chi connectivity index (χ4n) is 7.87. The Bertz CT molecular complexity index is 2560. The predicted molar refractivity (Wildman–Crippen MR) is 262 cm³/mol. The van der Waals surface area contributed by atoms with Crippen LogP contribution in [0.1, 0.15) is 36.4 Å². The molecule has 2 heterocycles. The van der Waals surface area contributed by atoms with Crippen LogP contribution in [0.2, 0.25) is 0 Å². The van der Waals surface area contributed by atoms with E-state index in [0.717, 1.165) is 39.9 Å². The average molecular weight is 880 g/mol. The van der Waals surface area contributed by atoms with Crippen LogP contribution in [0.4, 0.5) is 0 Å². The molecule has 1 aromatic heterocycles. The number of benzene rings is 7. The molecule has 0 saturated heterocycles. The summed E-state index contributed by atoms with van der Waals surface area (Å²) >= 11 is 0. The van der Waals surface area contributed by atoms with E-state index < -0.39 is 15.8 Å². The number of rotatable bonds is 10. The van der Waals surface area contributed by atoms with Crippen molar-refractivity contribution < 1.29 is 21.8 Å².